The molecule has 0 aromatic heterocycles. The summed E-state index contributed by atoms with van der Waals surface area (Å²) in [6.07, 6.45) is 0. The SMILES string of the molecule is O=C(Nc1ccc(Br)cc1Br)c1ccccc1Br. The van der Waals surface area contributed by atoms with Crippen LogP contribution in [-0.2, 0) is 0 Å². The molecule has 1 amide bonds. The first-order chi connectivity index (χ1) is 8.58. The van der Waals surface area contributed by atoms with E-state index in [0.29, 0.717) is 5.56 Å². The first kappa shape index (κ1) is 13.8. The van der Waals surface area contributed by atoms with Crippen LogP contribution in [0, 0.1) is 0 Å². The Morgan fingerprint density at radius 2 is 1.67 bits per heavy atom. The zero-order valence-corrected chi connectivity index (χ0v) is 13.8. The van der Waals surface area contributed by atoms with Crippen molar-refractivity contribution in [3.8, 4) is 0 Å². The van der Waals surface area contributed by atoms with Gasteiger partial charge in [0.25, 0.3) is 5.91 Å². The Hall–Kier alpha value is -0.650. The Morgan fingerprint density at radius 3 is 2.33 bits per heavy atom. The van der Waals surface area contributed by atoms with Crippen molar-refractivity contribution >= 4 is 59.4 Å². The number of benzene rings is 2. The van der Waals surface area contributed by atoms with Crippen molar-refractivity contribution < 1.29 is 4.79 Å². The molecule has 0 aliphatic heterocycles. The Morgan fingerprint density at radius 1 is 0.944 bits per heavy atom. The summed E-state index contributed by atoms with van der Waals surface area (Å²) in [5.74, 6) is -0.148. The predicted molar refractivity (Wildman–Crippen MR) is 83.9 cm³/mol. The number of halogens is 3. The molecule has 2 nitrogen and oxygen atoms in total. The van der Waals surface area contributed by atoms with E-state index in [1.807, 2.05) is 36.4 Å². The fraction of sp³-hybridized carbons (Fsp3) is 0. The van der Waals surface area contributed by atoms with E-state index in [-0.39, 0.29) is 5.91 Å². The maximum absolute atomic E-state index is 12.1. The number of hydrogen-bond acceptors (Lipinski definition) is 1. The molecule has 2 aromatic carbocycles. The van der Waals surface area contributed by atoms with Gasteiger partial charge in [0.15, 0.2) is 0 Å². The molecule has 0 radical (unpaired) electrons. The Bertz CT molecular complexity index is 599. The van der Waals surface area contributed by atoms with Crippen molar-refractivity contribution in [1.29, 1.82) is 0 Å². The van der Waals surface area contributed by atoms with Crippen molar-refractivity contribution in [3.63, 3.8) is 0 Å². The number of hydrogen-bond donors (Lipinski definition) is 1. The van der Waals surface area contributed by atoms with E-state index in [1.54, 1.807) is 6.07 Å². The maximum atomic E-state index is 12.1. The molecule has 92 valence electrons. The van der Waals surface area contributed by atoms with Crippen LogP contribution in [0.25, 0.3) is 0 Å². The quantitative estimate of drug-likeness (QED) is 0.690. The van der Waals surface area contributed by atoms with Crippen LogP contribution in [0.2, 0.25) is 0 Å². The Kier molecular flexibility index (Phi) is 4.59. The first-order valence-corrected chi connectivity index (χ1v) is 7.47. The van der Waals surface area contributed by atoms with Crippen molar-refractivity contribution in [1.82, 2.24) is 0 Å². The fourth-order valence-electron chi connectivity index (χ4n) is 1.43. The molecule has 0 saturated heterocycles. The third kappa shape index (κ3) is 3.22. The van der Waals surface area contributed by atoms with E-state index in [4.69, 9.17) is 0 Å². The average Bonchev–Trinajstić information content (AvgIpc) is 2.33. The summed E-state index contributed by atoms with van der Waals surface area (Å²) in [6.45, 7) is 0. The summed E-state index contributed by atoms with van der Waals surface area (Å²) in [5.41, 5.74) is 1.34. The summed E-state index contributed by atoms with van der Waals surface area (Å²) >= 11 is 10.1. The summed E-state index contributed by atoms with van der Waals surface area (Å²) in [7, 11) is 0. The molecule has 0 heterocycles. The molecule has 0 unspecified atom stereocenters. The van der Waals surface area contributed by atoms with Crippen LogP contribution in [0.3, 0.4) is 0 Å². The zero-order valence-electron chi connectivity index (χ0n) is 9.08. The lowest BCUT2D eigenvalue weighted by atomic mass is 10.2. The molecule has 2 rings (SSSR count). The zero-order chi connectivity index (χ0) is 13.1. The van der Waals surface area contributed by atoms with Crippen LogP contribution in [0.4, 0.5) is 5.69 Å². The lowest BCUT2D eigenvalue weighted by Crippen LogP contribution is -2.12. The number of carbonyl (C=O) groups is 1. The molecule has 18 heavy (non-hydrogen) atoms. The third-order valence-electron chi connectivity index (χ3n) is 2.30. The average molecular weight is 434 g/mol. The second-order valence-electron chi connectivity index (χ2n) is 3.56. The number of nitrogens with one attached hydrogen (secondary N) is 1. The highest BCUT2D eigenvalue weighted by Crippen LogP contribution is 2.27. The molecule has 0 saturated carbocycles. The van der Waals surface area contributed by atoms with Gasteiger partial charge in [-0.15, -0.1) is 0 Å². The van der Waals surface area contributed by atoms with Crippen molar-refractivity contribution in [3.05, 3.63) is 61.4 Å². The van der Waals surface area contributed by atoms with Gasteiger partial charge in [-0.1, -0.05) is 28.1 Å². The highest BCUT2D eigenvalue weighted by molar-refractivity contribution is 9.11. The van der Waals surface area contributed by atoms with Gasteiger partial charge >= 0.3 is 0 Å². The van der Waals surface area contributed by atoms with Gasteiger partial charge in [-0.25, -0.2) is 0 Å². The number of amides is 1. The topological polar surface area (TPSA) is 29.1 Å². The molecule has 0 fully saturated rings. The molecule has 1 N–H and O–H groups in total. The van der Waals surface area contributed by atoms with Crippen LogP contribution in [0.5, 0.6) is 0 Å². The van der Waals surface area contributed by atoms with Gasteiger partial charge in [0, 0.05) is 13.4 Å². The first-order valence-electron chi connectivity index (χ1n) is 5.09. The van der Waals surface area contributed by atoms with Gasteiger partial charge in [-0.05, 0) is 62.2 Å². The van der Waals surface area contributed by atoms with Crippen LogP contribution in [0.1, 0.15) is 10.4 Å². The van der Waals surface area contributed by atoms with Gasteiger partial charge in [0.05, 0.1) is 11.3 Å². The third-order valence-corrected chi connectivity index (χ3v) is 4.14. The predicted octanol–water partition coefficient (Wildman–Crippen LogP) is 5.23. The molecule has 0 aliphatic carbocycles. The summed E-state index contributed by atoms with van der Waals surface area (Å²) in [4.78, 5) is 12.1. The van der Waals surface area contributed by atoms with Gasteiger partial charge in [-0.3, -0.25) is 4.79 Å². The Balaban J connectivity index is 2.24. The smallest absolute Gasteiger partial charge is 0.256 e. The van der Waals surface area contributed by atoms with Crippen molar-refractivity contribution in [2.24, 2.45) is 0 Å². The van der Waals surface area contributed by atoms with E-state index in [9.17, 15) is 4.79 Å². The standard InChI is InChI=1S/C13H8Br3NO/c14-8-5-6-12(11(16)7-8)17-13(18)9-3-1-2-4-10(9)15/h1-7H,(H,17,18). The summed E-state index contributed by atoms with van der Waals surface area (Å²) in [5, 5.41) is 2.86. The highest BCUT2D eigenvalue weighted by atomic mass is 79.9. The largest absolute Gasteiger partial charge is 0.321 e. The Labute approximate surface area is 130 Å². The van der Waals surface area contributed by atoms with Crippen molar-refractivity contribution in [2.75, 3.05) is 5.32 Å². The van der Waals surface area contributed by atoms with Crippen molar-refractivity contribution in [2.45, 2.75) is 0 Å². The minimum Gasteiger partial charge on any atom is -0.321 e. The summed E-state index contributed by atoms with van der Waals surface area (Å²) in [6, 6.07) is 12.9. The van der Waals surface area contributed by atoms with Crippen LogP contribution < -0.4 is 5.32 Å². The normalized spacial score (nSPS) is 10.2. The second-order valence-corrected chi connectivity index (χ2v) is 6.18. The molecule has 5 heteroatoms. The van der Waals surface area contributed by atoms with E-state index in [0.717, 1.165) is 19.1 Å². The molecule has 0 spiro atoms. The van der Waals surface area contributed by atoms with Crippen LogP contribution in [0.15, 0.2) is 55.9 Å². The van der Waals surface area contributed by atoms with E-state index in [2.05, 4.69) is 53.1 Å². The van der Waals surface area contributed by atoms with Crippen LogP contribution in [-0.4, -0.2) is 5.91 Å². The van der Waals surface area contributed by atoms with E-state index in [1.165, 1.54) is 0 Å². The number of anilines is 1. The van der Waals surface area contributed by atoms with E-state index < -0.39 is 0 Å². The lowest BCUT2D eigenvalue weighted by Gasteiger charge is -2.08. The number of rotatable bonds is 2. The van der Waals surface area contributed by atoms with E-state index >= 15 is 0 Å². The van der Waals surface area contributed by atoms with Crippen LogP contribution >= 0.6 is 47.8 Å². The molecule has 0 atom stereocenters. The van der Waals surface area contributed by atoms with Gasteiger partial charge in [-0.2, -0.15) is 0 Å². The fourth-order valence-corrected chi connectivity index (χ4v) is 3.04. The van der Waals surface area contributed by atoms with Gasteiger partial charge < -0.3 is 5.32 Å². The summed E-state index contributed by atoms with van der Waals surface area (Å²) < 4.78 is 2.56. The number of carbonyl (C=O) groups excluding carboxylic acids is 1. The molecule has 0 bridgehead atoms. The minimum atomic E-state index is -0.148. The van der Waals surface area contributed by atoms with Gasteiger partial charge in [0.1, 0.15) is 0 Å². The molecular formula is C13H8Br3NO. The molecule has 2 aromatic rings. The lowest BCUT2D eigenvalue weighted by molar-refractivity contribution is 0.102. The monoisotopic (exact) mass is 431 g/mol. The van der Waals surface area contributed by atoms with Gasteiger partial charge in [0.2, 0.25) is 0 Å². The second kappa shape index (κ2) is 5.99. The minimum absolute atomic E-state index is 0.148. The molecule has 0 aliphatic rings. The maximum Gasteiger partial charge on any atom is 0.256 e. The molecular weight excluding hydrogens is 426 g/mol. The highest BCUT2D eigenvalue weighted by Gasteiger charge is 2.11.